The number of nitriles is 1. The van der Waals surface area contributed by atoms with Gasteiger partial charge in [-0.05, 0) is 25.1 Å². The molecule has 1 amide bonds. The summed E-state index contributed by atoms with van der Waals surface area (Å²) in [5.74, 6) is 0.488. The summed E-state index contributed by atoms with van der Waals surface area (Å²) < 4.78 is 5.30. The maximum absolute atomic E-state index is 11.8. The molecule has 0 heterocycles. The number of ether oxygens (including phenoxy) is 1. The minimum atomic E-state index is -0.178. The first-order valence-electron chi connectivity index (χ1n) is 5.04. The van der Waals surface area contributed by atoms with Gasteiger partial charge in [0.2, 0.25) is 0 Å². The van der Waals surface area contributed by atoms with Crippen LogP contribution in [-0.4, -0.2) is 31.0 Å². The zero-order chi connectivity index (χ0) is 12.0. The van der Waals surface area contributed by atoms with Crippen LogP contribution in [-0.2, 0) is 0 Å². The Kier molecular flexibility index (Phi) is 4.34. The number of rotatable bonds is 4. The van der Waals surface area contributed by atoms with Crippen LogP contribution in [0.1, 0.15) is 17.3 Å². The maximum Gasteiger partial charge on any atom is 0.254 e. The van der Waals surface area contributed by atoms with Gasteiger partial charge in [-0.3, -0.25) is 4.79 Å². The highest BCUT2D eigenvalue weighted by Crippen LogP contribution is 2.14. The van der Waals surface area contributed by atoms with Gasteiger partial charge < -0.3 is 9.64 Å². The molecule has 0 fully saturated rings. The van der Waals surface area contributed by atoms with Crippen molar-refractivity contribution in [3.63, 3.8) is 0 Å². The van der Waals surface area contributed by atoms with Gasteiger partial charge in [0.15, 0.2) is 0 Å². The second kappa shape index (κ2) is 5.76. The Morgan fingerprint density at radius 1 is 1.56 bits per heavy atom. The number of nitrogens with zero attached hydrogens (tertiary/aromatic N) is 2. The fourth-order valence-corrected chi connectivity index (χ4v) is 1.28. The van der Waals surface area contributed by atoms with E-state index < -0.39 is 0 Å². The number of benzene rings is 1. The molecule has 84 valence electrons. The third-order valence-corrected chi connectivity index (χ3v) is 2.05. The summed E-state index contributed by atoms with van der Waals surface area (Å²) in [6, 6.07) is 8.88. The molecule has 0 bridgehead atoms. The number of hydrogen-bond donors (Lipinski definition) is 0. The first-order chi connectivity index (χ1) is 7.69. The molecule has 0 saturated heterocycles. The van der Waals surface area contributed by atoms with E-state index in [1.165, 1.54) is 4.90 Å². The van der Waals surface area contributed by atoms with Crippen LogP contribution in [0, 0.1) is 11.3 Å². The molecule has 4 nitrogen and oxygen atoms in total. The minimum Gasteiger partial charge on any atom is -0.494 e. The summed E-state index contributed by atoms with van der Waals surface area (Å²) in [4.78, 5) is 13.2. The van der Waals surface area contributed by atoms with E-state index in [0.717, 1.165) is 0 Å². The van der Waals surface area contributed by atoms with E-state index in [-0.39, 0.29) is 12.5 Å². The first kappa shape index (κ1) is 12.1. The molecule has 0 aliphatic rings. The summed E-state index contributed by atoms with van der Waals surface area (Å²) in [7, 11) is 1.60. The summed E-state index contributed by atoms with van der Waals surface area (Å²) >= 11 is 0. The van der Waals surface area contributed by atoms with Crippen LogP contribution in [0.25, 0.3) is 0 Å². The van der Waals surface area contributed by atoms with Crippen LogP contribution < -0.4 is 4.74 Å². The van der Waals surface area contributed by atoms with Gasteiger partial charge in [0.05, 0.1) is 12.7 Å². The van der Waals surface area contributed by atoms with Crippen LogP contribution in [0.2, 0.25) is 0 Å². The minimum absolute atomic E-state index is 0.0810. The van der Waals surface area contributed by atoms with E-state index in [9.17, 15) is 4.79 Å². The van der Waals surface area contributed by atoms with E-state index in [1.54, 1.807) is 31.3 Å². The standard InChI is InChI=1S/C12H14N2O2/c1-3-16-11-6-4-5-10(9-11)12(15)14(2)8-7-13/h4-6,9H,3,8H2,1-2H3. The molecule has 0 atom stereocenters. The second-order valence-electron chi connectivity index (χ2n) is 3.28. The molecule has 0 saturated carbocycles. The summed E-state index contributed by atoms with van der Waals surface area (Å²) in [6.07, 6.45) is 0. The zero-order valence-corrected chi connectivity index (χ0v) is 9.43. The Morgan fingerprint density at radius 3 is 2.94 bits per heavy atom. The number of carbonyl (C=O) groups excluding carboxylic acids is 1. The molecule has 16 heavy (non-hydrogen) atoms. The van der Waals surface area contributed by atoms with Crippen molar-refractivity contribution in [3.8, 4) is 11.8 Å². The normalized spacial score (nSPS) is 9.31. The third kappa shape index (κ3) is 2.99. The molecular weight excluding hydrogens is 204 g/mol. The molecular formula is C12H14N2O2. The van der Waals surface area contributed by atoms with Gasteiger partial charge in [0.1, 0.15) is 12.3 Å². The fraction of sp³-hybridized carbons (Fsp3) is 0.333. The van der Waals surface area contributed by atoms with Gasteiger partial charge in [-0.2, -0.15) is 5.26 Å². The predicted octanol–water partition coefficient (Wildman–Crippen LogP) is 1.68. The van der Waals surface area contributed by atoms with Crippen molar-refractivity contribution >= 4 is 5.91 Å². The molecule has 0 radical (unpaired) electrons. The van der Waals surface area contributed by atoms with Crippen molar-refractivity contribution in [3.05, 3.63) is 29.8 Å². The lowest BCUT2D eigenvalue weighted by Gasteiger charge is -2.13. The van der Waals surface area contributed by atoms with Gasteiger partial charge >= 0.3 is 0 Å². The van der Waals surface area contributed by atoms with E-state index in [4.69, 9.17) is 10.00 Å². The molecule has 1 rings (SSSR count). The average Bonchev–Trinajstić information content (AvgIpc) is 2.29. The van der Waals surface area contributed by atoms with E-state index in [2.05, 4.69) is 0 Å². The maximum atomic E-state index is 11.8. The predicted molar refractivity (Wildman–Crippen MR) is 60.2 cm³/mol. The van der Waals surface area contributed by atoms with Gasteiger partial charge in [-0.25, -0.2) is 0 Å². The number of carbonyl (C=O) groups is 1. The van der Waals surface area contributed by atoms with Crippen LogP contribution in [0.4, 0.5) is 0 Å². The molecule has 0 spiro atoms. The molecule has 0 unspecified atom stereocenters. The van der Waals surface area contributed by atoms with Crippen LogP contribution in [0.3, 0.4) is 0 Å². The quantitative estimate of drug-likeness (QED) is 0.722. The van der Waals surface area contributed by atoms with Gasteiger partial charge in [-0.1, -0.05) is 6.07 Å². The van der Waals surface area contributed by atoms with Crippen LogP contribution >= 0.6 is 0 Å². The van der Waals surface area contributed by atoms with Crippen molar-refractivity contribution in [2.24, 2.45) is 0 Å². The molecule has 0 aromatic heterocycles. The summed E-state index contributed by atoms with van der Waals surface area (Å²) in [6.45, 7) is 2.53. The van der Waals surface area contributed by atoms with Gasteiger partial charge in [0, 0.05) is 12.6 Å². The van der Waals surface area contributed by atoms with Crippen molar-refractivity contribution in [2.75, 3.05) is 20.2 Å². The lowest BCUT2D eigenvalue weighted by molar-refractivity contribution is 0.0811. The lowest BCUT2D eigenvalue weighted by Crippen LogP contribution is -2.26. The second-order valence-corrected chi connectivity index (χ2v) is 3.28. The smallest absolute Gasteiger partial charge is 0.254 e. The van der Waals surface area contributed by atoms with Gasteiger partial charge in [0.25, 0.3) is 5.91 Å². The SMILES string of the molecule is CCOc1cccc(C(=O)N(C)CC#N)c1. The summed E-state index contributed by atoms with van der Waals surface area (Å²) in [5, 5.41) is 8.50. The van der Waals surface area contributed by atoms with E-state index >= 15 is 0 Å². The average molecular weight is 218 g/mol. The van der Waals surface area contributed by atoms with Crippen LogP contribution in [0.5, 0.6) is 5.75 Å². The number of amides is 1. The molecule has 4 heteroatoms. The molecule has 0 aliphatic carbocycles. The summed E-state index contributed by atoms with van der Waals surface area (Å²) in [5.41, 5.74) is 0.531. The lowest BCUT2D eigenvalue weighted by atomic mass is 10.2. The van der Waals surface area contributed by atoms with Crippen molar-refractivity contribution in [1.82, 2.24) is 4.90 Å². The highest BCUT2D eigenvalue weighted by molar-refractivity contribution is 5.94. The Morgan fingerprint density at radius 2 is 2.31 bits per heavy atom. The van der Waals surface area contributed by atoms with E-state index in [1.807, 2.05) is 13.0 Å². The Bertz CT molecular complexity index is 410. The Balaban J connectivity index is 2.83. The highest BCUT2D eigenvalue weighted by Gasteiger charge is 2.11. The largest absolute Gasteiger partial charge is 0.494 e. The van der Waals surface area contributed by atoms with Gasteiger partial charge in [-0.15, -0.1) is 0 Å². The topological polar surface area (TPSA) is 53.3 Å². The first-order valence-corrected chi connectivity index (χ1v) is 5.04. The van der Waals surface area contributed by atoms with E-state index in [0.29, 0.717) is 17.9 Å². The Hall–Kier alpha value is -2.02. The molecule has 0 N–H and O–H groups in total. The highest BCUT2D eigenvalue weighted by atomic mass is 16.5. The Labute approximate surface area is 95.0 Å². The molecule has 0 aliphatic heterocycles. The van der Waals surface area contributed by atoms with Crippen molar-refractivity contribution < 1.29 is 9.53 Å². The fourth-order valence-electron chi connectivity index (χ4n) is 1.28. The van der Waals surface area contributed by atoms with Crippen molar-refractivity contribution in [1.29, 1.82) is 5.26 Å². The molecule has 1 aromatic rings. The zero-order valence-electron chi connectivity index (χ0n) is 9.43. The molecule has 1 aromatic carbocycles. The number of hydrogen-bond acceptors (Lipinski definition) is 3. The van der Waals surface area contributed by atoms with Crippen LogP contribution in [0.15, 0.2) is 24.3 Å². The van der Waals surface area contributed by atoms with Crippen molar-refractivity contribution in [2.45, 2.75) is 6.92 Å². The third-order valence-electron chi connectivity index (χ3n) is 2.05. The monoisotopic (exact) mass is 218 g/mol.